The molecule has 0 bridgehead atoms. The van der Waals surface area contributed by atoms with Crippen LogP contribution in [-0.2, 0) is 4.79 Å². The van der Waals surface area contributed by atoms with E-state index in [1.165, 1.54) is 0 Å². The van der Waals surface area contributed by atoms with Crippen molar-refractivity contribution >= 4 is 5.97 Å². The Hall–Kier alpha value is 0.0274. The molecule has 1 aliphatic rings. The summed E-state index contributed by atoms with van der Waals surface area (Å²) in [6.45, 7) is -0.0152. The average Bonchev–Trinajstić information content (AvgIpc) is 2.42. The predicted molar refractivity (Wildman–Crippen MR) is 23.7 cm³/mol. The molecule has 0 saturated heterocycles. The van der Waals surface area contributed by atoms with E-state index in [9.17, 15) is 9.90 Å². The molecule has 0 unspecified atom stereocenters. The van der Waals surface area contributed by atoms with Crippen molar-refractivity contribution in [3.63, 3.8) is 0 Å². The topological polar surface area (TPSA) is 60.4 Å². The Kier molecular flexibility index (Phi) is 3.27. The molecule has 1 aliphatic carbocycles. The maximum atomic E-state index is 9.91. The summed E-state index contributed by atoms with van der Waals surface area (Å²) in [7, 11) is 0. The van der Waals surface area contributed by atoms with E-state index in [-0.39, 0.29) is 37.3 Å². The van der Waals surface area contributed by atoms with Gasteiger partial charge in [0.05, 0.1) is 0 Å². The number of carbonyl (C=O) groups is 1. The molecule has 0 aromatic heterocycles. The first-order chi connectivity index (χ1) is 3.75. The first-order valence-electron chi connectivity index (χ1n) is 2.57. The van der Waals surface area contributed by atoms with Gasteiger partial charge in [-0.15, -0.1) is 0 Å². The second-order valence-corrected chi connectivity index (χ2v) is 2.10. The molecule has 1 saturated carbocycles. The number of carboxylic acids is 1. The van der Waals surface area contributed by atoms with E-state index in [2.05, 4.69) is 0 Å². The quantitative estimate of drug-likeness (QED) is 0.375. The number of rotatable bonds is 2. The number of aliphatic hydroxyl groups excluding tert-OH is 1. The van der Waals surface area contributed by atoms with Gasteiger partial charge in [0, 0.05) is 18.5 Å². The first-order valence-corrected chi connectivity index (χ1v) is 2.57. The fraction of sp³-hybridized carbons (Fsp3) is 0.800. The van der Waals surface area contributed by atoms with Crippen LogP contribution >= 0.6 is 0 Å². The number of aliphatic carboxylic acids is 1. The van der Waals surface area contributed by atoms with Crippen molar-refractivity contribution < 1.29 is 33.9 Å². The summed E-state index contributed by atoms with van der Waals surface area (Å²) in [6.07, 6.45) is 0.596. The molecule has 1 fully saturated rings. The normalized spacial score (nSPS) is 30.8. The largest absolute Gasteiger partial charge is 1.00 e. The molecule has 4 heteroatoms. The Morgan fingerprint density at radius 3 is 2.44 bits per heavy atom. The predicted octanol–water partition coefficient (Wildman–Crippen LogP) is -4.63. The molecule has 0 aliphatic heterocycles. The van der Waals surface area contributed by atoms with Crippen molar-refractivity contribution in [1.29, 1.82) is 0 Å². The number of hydrogen-bond acceptors (Lipinski definition) is 3. The SMILES string of the molecule is O=C([O-])[C@H]1C[C@H]1CO.[Li+]. The molecule has 9 heavy (non-hydrogen) atoms. The van der Waals surface area contributed by atoms with Crippen LogP contribution in [0.15, 0.2) is 0 Å². The van der Waals surface area contributed by atoms with Crippen LogP contribution in [0.3, 0.4) is 0 Å². The molecule has 1 rings (SSSR count). The van der Waals surface area contributed by atoms with Crippen molar-refractivity contribution in [3.8, 4) is 0 Å². The van der Waals surface area contributed by atoms with Crippen molar-refractivity contribution in [1.82, 2.24) is 0 Å². The van der Waals surface area contributed by atoms with Gasteiger partial charge in [0.1, 0.15) is 0 Å². The van der Waals surface area contributed by atoms with Gasteiger partial charge in [-0.25, -0.2) is 0 Å². The third-order valence-electron chi connectivity index (χ3n) is 1.46. The Labute approximate surface area is 65.2 Å². The van der Waals surface area contributed by atoms with E-state index in [4.69, 9.17) is 5.11 Å². The summed E-state index contributed by atoms with van der Waals surface area (Å²) in [5.41, 5.74) is 0. The van der Waals surface area contributed by atoms with Gasteiger partial charge in [-0.3, -0.25) is 0 Å². The van der Waals surface area contributed by atoms with E-state index >= 15 is 0 Å². The molecule has 0 amide bonds. The zero-order chi connectivity index (χ0) is 6.15. The second-order valence-electron chi connectivity index (χ2n) is 2.10. The van der Waals surface area contributed by atoms with Crippen LogP contribution in [0.5, 0.6) is 0 Å². The van der Waals surface area contributed by atoms with Gasteiger partial charge in [-0.05, 0) is 12.3 Å². The molecule has 3 nitrogen and oxygen atoms in total. The van der Waals surface area contributed by atoms with E-state index in [0.717, 1.165) is 0 Å². The summed E-state index contributed by atoms with van der Waals surface area (Å²) in [5.74, 6) is -1.40. The fourth-order valence-corrected chi connectivity index (χ4v) is 0.738. The van der Waals surface area contributed by atoms with E-state index in [1.807, 2.05) is 0 Å². The van der Waals surface area contributed by atoms with Gasteiger partial charge >= 0.3 is 18.9 Å². The summed E-state index contributed by atoms with van der Waals surface area (Å²) in [4.78, 5) is 9.91. The van der Waals surface area contributed by atoms with Gasteiger partial charge in [-0.1, -0.05) is 0 Å². The third kappa shape index (κ3) is 2.02. The maximum Gasteiger partial charge on any atom is 1.00 e. The van der Waals surface area contributed by atoms with E-state index < -0.39 is 5.97 Å². The zero-order valence-corrected chi connectivity index (χ0v) is 5.33. The molecule has 0 aromatic carbocycles. The van der Waals surface area contributed by atoms with Crippen LogP contribution in [-0.4, -0.2) is 17.7 Å². The summed E-state index contributed by atoms with van der Waals surface area (Å²) in [6, 6.07) is 0. The summed E-state index contributed by atoms with van der Waals surface area (Å²) in [5, 5.41) is 18.2. The molecule has 1 N–H and O–H groups in total. The molecular formula is C5H7LiO3. The van der Waals surface area contributed by atoms with Crippen molar-refractivity contribution in [2.75, 3.05) is 6.61 Å². The minimum absolute atomic E-state index is 0. The molecular weight excluding hydrogens is 115 g/mol. The summed E-state index contributed by atoms with van der Waals surface area (Å²) < 4.78 is 0. The molecule has 46 valence electrons. The van der Waals surface area contributed by atoms with Crippen LogP contribution in [0.2, 0.25) is 0 Å². The number of aliphatic hydroxyl groups is 1. The minimum Gasteiger partial charge on any atom is -0.550 e. The zero-order valence-electron chi connectivity index (χ0n) is 5.33. The molecule has 0 aromatic rings. The summed E-state index contributed by atoms with van der Waals surface area (Å²) >= 11 is 0. The van der Waals surface area contributed by atoms with Gasteiger partial charge in [-0.2, -0.15) is 0 Å². The maximum absolute atomic E-state index is 9.91. The number of carboxylic acid groups (broad SMARTS) is 1. The van der Waals surface area contributed by atoms with Gasteiger partial charge in [0.25, 0.3) is 0 Å². The Morgan fingerprint density at radius 2 is 2.33 bits per heavy atom. The standard InChI is InChI=1S/C5H8O3.Li/c6-2-3-1-4(3)5(7)8;/h3-4,6H,1-2H2,(H,7,8);/q;+1/p-1/t3-,4-;/m0./s1. The van der Waals surface area contributed by atoms with E-state index in [1.54, 1.807) is 0 Å². The number of hydrogen-bond donors (Lipinski definition) is 1. The van der Waals surface area contributed by atoms with Gasteiger partial charge < -0.3 is 15.0 Å². The van der Waals surface area contributed by atoms with Crippen LogP contribution in [0, 0.1) is 11.8 Å². The van der Waals surface area contributed by atoms with Gasteiger partial charge in [0.15, 0.2) is 0 Å². The average molecular weight is 122 g/mol. The third-order valence-corrected chi connectivity index (χ3v) is 1.46. The molecule has 0 radical (unpaired) electrons. The molecule has 0 spiro atoms. The van der Waals surface area contributed by atoms with Crippen molar-refractivity contribution in [2.24, 2.45) is 11.8 Å². The fourth-order valence-electron chi connectivity index (χ4n) is 0.738. The monoisotopic (exact) mass is 122 g/mol. The van der Waals surface area contributed by atoms with Crippen LogP contribution in [0.25, 0.3) is 0 Å². The van der Waals surface area contributed by atoms with Crippen LogP contribution in [0.4, 0.5) is 0 Å². The minimum atomic E-state index is -1.02. The molecule has 0 heterocycles. The number of carbonyl (C=O) groups excluding carboxylic acids is 1. The van der Waals surface area contributed by atoms with Crippen molar-refractivity contribution in [2.45, 2.75) is 6.42 Å². The Bertz CT molecular complexity index is 115. The van der Waals surface area contributed by atoms with Crippen LogP contribution in [0.1, 0.15) is 6.42 Å². The smallest absolute Gasteiger partial charge is 0.550 e. The first kappa shape index (κ1) is 9.03. The van der Waals surface area contributed by atoms with Gasteiger partial charge in [0.2, 0.25) is 0 Å². The van der Waals surface area contributed by atoms with Crippen LogP contribution < -0.4 is 24.0 Å². The van der Waals surface area contributed by atoms with E-state index in [0.29, 0.717) is 6.42 Å². The van der Waals surface area contributed by atoms with Crippen molar-refractivity contribution in [3.05, 3.63) is 0 Å². The second kappa shape index (κ2) is 3.26. The Balaban J connectivity index is 0.000000640. The Morgan fingerprint density at radius 1 is 1.78 bits per heavy atom. The molecule has 2 atom stereocenters.